The molecule has 0 aromatic heterocycles. The van der Waals surface area contributed by atoms with Crippen LogP contribution >= 0.6 is 0 Å². The SMILES string of the molecule is CC(C)C1NC(=O)CN(CCOC(C)(C)C)C1=O. The van der Waals surface area contributed by atoms with Crippen molar-refractivity contribution >= 4 is 11.8 Å². The van der Waals surface area contributed by atoms with Gasteiger partial charge in [0.25, 0.3) is 0 Å². The van der Waals surface area contributed by atoms with E-state index in [1.54, 1.807) is 4.90 Å². The second-order valence-corrected chi connectivity index (χ2v) is 6.01. The van der Waals surface area contributed by atoms with Gasteiger partial charge in [-0.1, -0.05) is 13.8 Å². The number of ether oxygens (including phenoxy) is 1. The molecule has 0 spiro atoms. The maximum absolute atomic E-state index is 12.1. The monoisotopic (exact) mass is 256 g/mol. The third-order valence-electron chi connectivity index (χ3n) is 2.79. The first kappa shape index (κ1) is 15.0. The van der Waals surface area contributed by atoms with Gasteiger partial charge in [-0.3, -0.25) is 9.59 Å². The van der Waals surface area contributed by atoms with Crippen molar-refractivity contribution in [3.05, 3.63) is 0 Å². The Morgan fingerprint density at radius 2 is 2.00 bits per heavy atom. The average Bonchev–Trinajstić information content (AvgIpc) is 2.20. The highest BCUT2D eigenvalue weighted by molar-refractivity contribution is 5.94. The zero-order valence-corrected chi connectivity index (χ0v) is 11.9. The number of piperazine rings is 1. The minimum absolute atomic E-state index is 0.0119. The number of hydrogen-bond donors (Lipinski definition) is 1. The van der Waals surface area contributed by atoms with Gasteiger partial charge in [0.1, 0.15) is 6.04 Å². The maximum Gasteiger partial charge on any atom is 0.245 e. The molecule has 5 nitrogen and oxygen atoms in total. The van der Waals surface area contributed by atoms with Crippen molar-refractivity contribution in [3.8, 4) is 0 Å². The Morgan fingerprint density at radius 1 is 1.39 bits per heavy atom. The molecule has 0 bridgehead atoms. The summed E-state index contributed by atoms with van der Waals surface area (Å²) in [6, 6.07) is -0.402. The molecule has 18 heavy (non-hydrogen) atoms. The minimum atomic E-state index is -0.402. The van der Waals surface area contributed by atoms with Crippen LogP contribution in [0, 0.1) is 5.92 Å². The number of hydrogen-bond acceptors (Lipinski definition) is 3. The van der Waals surface area contributed by atoms with Crippen molar-refractivity contribution in [3.63, 3.8) is 0 Å². The molecular formula is C13H24N2O3. The third kappa shape index (κ3) is 4.29. The highest BCUT2D eigenvalue weighted by Crippen LogP contribution is 2.12. The van der Waals surface area contributed by atoms with Crippen LogP contribution in [-0.2, 0) is 14.3 Å². The van der Waals surface area contributed by atoms with Gasteiger partial charge in [0.05, 0.1) is 18.8 Å². The van der Waals surface area contributed by atoms with E-state index >= 15 is 0 Å². The molecule has 0 aromatic carbocycles. The van der Waals surface area contributed by atoms with Crippen LogP contribution in [0.15, 0.2) is 0 Å². The number of rotatable bonds is 4. The normalized spacial score (nSPS) is 21.4. The van der Waals surface area contributed by atoms with Crippen molar-refractivity contribution in [2.45, 2.75) is 46.3 Å². The summed E-state index contributed by atoms with van der Waals surface area (Å²) in [7, 11) is 0. The molecule has 0 aliphatic carbocycles. The summed E-state index contributed by atoms with van der Waals surface area (Å²) >= 11 is 0. The molecule has 1 heterocycles. The molecule has 1 N–H and O–H groups in total. The third-order valence-corrected chi connectivity index (χ3v) is 2.79. The number of nitrogens with one attached hydrogen (secondary N) is 1. The van der Waals surface area contributed by atoms with E-state index in [0.717, 1.165) is 0 Å². The van der Waals surface area contributed by atoms with E-state index in [-0.39, 0.29) is 29.9 Å². The topological polar surface area (TPSA) is 58.6 Å². The lowest BCUT2D eigenvalue weighted by Gasteiger charge is -2.34. The summed E-state index contributed by atoms with van der Waals surface area (Å²) in [5.74, 6) is -0.000970. The second kappa shape index (κ2) is 5.69. The summed E-state index contributed by atoms with van der Waals surface area (Å²) < 4.78 is 5.59. The van der Waals surface area contributed by atoms with Gasteiger partial charge in [0, 0.05) is 6.54 Å². The predicted molar refractivity (Wildman–Crippen MR) is 69.1 cm³/mol. The molecule has 1 aliphatic rings. The molecule has 1 rings (SSSR count). The van der Waals surface area contributed by atoms with Gasteiger partial charge in [-0.15, -0.1) is 0 Å². The van der Waals surface area contributed by atoms with Crippen molar-refractivity contribution in [2.24, 2.45) is 5.92 Å². The van der Waals surface area contributed by atoms with E-state index in [1.807, 2.05) is 34.6 Å². The molecule has 0 saturated carbocycles. The maximum atomic E-state index is 12.1. The van der Waals surface area contributed by atoms with Crippen molar-refractivity contribution in [1.82, 2.24) is 10.2 Å². The van der Waals surface area contributed by atoms with Crippen LogP contribution in [0.2, 0.25) is 0 Å². The minimum Gasteiger partial charge on any atom is -0.374 e. The van der Waals surface area contributed by atoms with E-state index in [1.165, 1.54) is 0 Å². The summed E-state index contributed by atoms with van der Waals surface area (Å²) in [5.41, 5.74) is -0.224. The van der Waals surface area contributed by atoms with E-state index < -0.39 is 6.04 Å². The zero-order chi connectivity index (χ0) is 13.9. The number of carbonyl (C=O) groups excluding carboxylic acids is 2. The van der Waals surface area contributed by atoms with Gasteiger partial charge in [0.15, 0.2) is 0 Å². The van der Waals surface area contributed by atoms with Gasteiger partial charge < -0.3 is 15.0 Å². The second-order valence-electron chi connectivity index (χ2n) is 6.01. The standard InChI is InChI=1S/C13H24N2O3/c1-9(2)11-12(17)15(8-10(16)14-11)6-7-18-13(3,4)5/h9,11H,6-8H2,1-5H3,(H,14,16). The van der Waals surface area contributed by atoms with E-state index in [0.29, 0.717) is 13.2 Å². The first-order chi connectivity index (χ1) is 8.20. The summed E-state index contributed by atoms with van der Waals surface area (Å²) in [6.45, 7) is 10.8. The molecule has 1 aliphatic heterocycles. The predicted octanol–water partition coefficient (Wildman–Crippen LogP) is 0.784. The number of carbonyl (C=O) groups is 2. The first-order valence-electron chi connectivity index (χ1n) is 6.43. The van der Waals surface area contributed by atoms with Gasteiger partial charge in [-0.05, 0) is 26.7 Å². The number of amides is 2. The molecule has 1 saturated heterocycles. The lowest BCUT2D eigenvalue weighted by molar-refractivity contribution is -0.146. The summed E-state index contributed by atoms with van der Waals surface area (Å²) in [5, 5.41) is 2.73. The Labute approximate surface area is 109 Å². The fourth-order valence-corrected chi connectivity index (χ4v) is 1.83. The highest BCUT2D eigenvalue weighted by Gasteiger charge is 2.34. The summed E-state index contributed by atoms with van der Waals surface area (Å²) in [4.78, 5) is 25.3. The van der Waals surface area contributed by atoms with E-state index in [2.05, 4.69) is 5.32 Å². The van der Waals surface area contributed by atoms with Crippen LogP contribution in [0.5, 0.6) is 0 Å². The van der Waals surface area contributed by atoms with Crippen LogP contribution in [0.4, 0.5) is 0 Å². The Kier molecular flexibility index (Phi) is 4.73. The molecule has 1 fully saturated rings. The zero-order valence-electron chi connectivity index (χ0n) is 11.9. The van der Waals surface area contributed by atoms with Gasteiger partial charge in [0.2, 0.25) is 11.8 Å². The molecule has 0 aromatic rings. The van der Waals surface area contributed by atoms with Crippen LogP contribution in [0.3, 0.4) is 0 Å². The smallest absolute Gasteiger partial charge is 0.245 e. The van der Waals surface area contributed by atoms with Gasteiger partial charge in [-0.2, -0.15) is 0 Å². The van der Waals surface area contributed by atoms with Crippen molar-refractivity contribution in [2.75, 3.05) is 19.7 Å². The van der Waals surface area contributed by atoms with Gasteiger partial charge >= 0.3 is 0 Å². The fourth-order valence-electron chi connectivity index (χ4n) is 1.83. The quantitative estimate of drug-likeness (QED) is 0.809. The lowest BCUT2D eigenvalue weighted by atomic mass is 10.0. The molecule has 2 amide bonds. The fraction of sp³-hybridized carbons (Fsp3) is 0.846. The van der Waals surface area contributed by atoms with E-state index in [9.17, 15) is 9.59 Å². The average molecular weight is 256 g/mol. The van der Waals surface area contributed by atoms with Crippen LogP contribution in [-0.4, -0.2) is 48.1 Å². The Bertz CT molecular complexity index is 321. The Balaban J connectivity index is 2.54. The molecule has 104 valence electrons. The van der Waals surface area contributed by atoms with Crippen molar-refractivity contribution < 1.29 is 14.3 Å². The summed E-state index contributed by atoms with van der Waals surface area (Å²) in [6.07, 6.45) is 0. The number of nitrogens with zero attached hydrogens (tertiary/aromatic N) is 1. The molecule has 5 heteroatoms. The lowest BCUT2D eigenvalue weighted by Crippen LogP contribution is -2.60. The molecule has 1 unspecified atom stereocenters. The Hall–Kier alpha value is -1.10. The molecule has 1 atom stereocenters. The molecular weight excluding hydrogens is 232 g/mol. The Morgan fingerprint density at radius 3 is 2.50 bits per heavy atom. The highest BCUT2D eigenvalue weighted by atomic mass is 16.5. The van der Waals surface area contributed by atoms with Crippen LogP contribution < -0.4 is 5.32 Å². The first-order valence-corrected chi connectivity index (χ1v) is 6.43. The largest absolute Gasteiger partial charge is 0.374 e. The molecule has 0 radical (unpaired) electrons. The van der Waals surface area contributed by atoms with Crippen LogP contribution in [0.1, 0.15) is 34.6 Å². The van der Waals surface area contributed by atoms with Crippen molar-refractivity contribution in [1.29, 1.82) is 0 Å². The van der Waals surface area contributed by atoms with Crippen LogP contribution in [0.25, 0.3) is 0 Å². The van der Waals surface area contributed by atoms with Gasteiger partial charge in [-0.25, -0.2) is 0 Å². The van der Waals surface area contributed by atoms with E-state index in [4.69, 9.17) is 4.74 Å².